The summed E-state index contributed by atoms with van der Waals surface area (Å²) < 4.78 is 0. The number of piperidine rings is 1. The van der Waals surface area contributed by atoms with Gasteiger partial charge in [0, 0.05) is 30.6 Å². The summed E-state index contributed by atoms with van der Waals surface area (Å²) in [6.07, 6.45) is 0.415. The van der Waals surface area contributed by atoms with Gasteiger partial charge in [-0.2, -0.15) is 0 Å². The Morgan fingerprint density at radius 3 is 2.30 bits per heavy atom. The van der Waals surface area contributed by atoms with Crippen LogP contribution >= 0.6 is 11.6 Å². The van der Waals surface area contributed by atoms with Gasteiger partial charge in [0.2, 0.25) is 5.91 Å². The second-order valence-corrected chi connectivity index (χ2v) is 8.64. The predicted molar refractivity (Wildman–Crippen MR) is 107 cm³/mol. The number of hydrogen-bond acceptors (Lipinski definition) is 3. The topological polar surface area (TPSA) is 81.7 Å². The van der Waals surface area contributed by atoms with Crippen LogP contribution in [0.25, 0.3) is 0 Å². The third-order valence-corrected chi connectivity index (χ3v) is 5.78. The molecule has 1 aliphatic rings. The summed E-state index contributed by atoms with van der Waals surface area (Å²) in [6, 6.07) is 6.23. The number of halogens is 1. The molecule has 1 aromatic rings. The molecule has 7 heteroatoms. The molecule has 1 heterocycles. The van der Waals surface area contributed by atoms with Gasteiger partial charge < -0.3 is 20.6 Å². The van der Waals surface area contributed by atoms with Crippen LogP contribution in [-0.4, -0.2) is 48.1 Å². The first-order chi connectivity index (χ1) is 12.5. The van der Waals surface area contributed by atoms with Crippen molar-refractivity contribution in [1.29, 1.82) is 0 Å². The van der Waals surface area contributed by atoms with Crippen molar-refractivity contribution in [3.8, 4) is 0 Å². The molecule has 0 aliphatic carbocycles. The highest BCUT2D eigenvalue weighted by Crippen LogP contribution is 2.46. The van der Waals surface area contributed by atoms with Gasteiger partial charge in [-0.15, -0.1) is 0 Å². The summed E-state index contributed by atoms with van der Waals surface area (Å²) in [5.74, 6) is -0.171. The van der Waals surface area contributed by atoms with Crippen LogP contribution in [-0.2, 0) is 10.4 Å². The molecule has 6 nitrogen and oxygen atoms in total. The Labute approximate surface area is 166 Å². The fourth-order valence-electron chi connectivity index (χ4n) is 3.69. The minimum Gasteiger partial charge on any atom is -0.384 e. The van der Waals surface area contributed by atoms with Crippen LogP contribution in [0.2, 0.25) is 5.02 Å². The van der Waals surface area contributed by atoms with E-state index >= 15 is 0 Å². The predicted octanol–water partition coefficient (Wildman–Crippen LogP) is 2.74. The molecular weight excluding hydrogens is 366 g/mol. The number of hydrogen-bond donors (Lipinski definition) is 3. The largest absolute Gasteiger partial charge is 0.384 e. The Morgan fingerprint density at radius 1 is 1.22 bits per heavy atom. The maximum absolute atomic E-state index is 13.1. The Kier molecular flexibility index (Phi) is 6.43. The van der Waals surface area contributed by atoms with Crippen molar-refractivity contribution in [2.45, 2.75) is 45.8 Å². The average Bonchev–Trinajstić information content (AvgIpc) is 2.61. The smallest absolute Gasteiger partial charge is 0.315 e. The van der Waals surface area contributed by atoms with Crippen LogP contribution in [0, 0.1) is 11.3 Å². The highest BCUT2D eigenvalue weighted by molar-refractivity contribution is 6.30. The number of carbonyl (C=O) groups is 2. The molecule has 27 heavy (non-hydrogen) atoms. The van der Waals surface area contributed by atoms with Crippen LogP contribution in [0.4, 0.5) is 4.79 Å². The first kappa shape index (κ1) is 21.5. The number of carbonyl (C=O) groups excluding carboxylic acids is 2. The fourth-order valence-corrected chi connectivity index (χ4v) is 3.82. The SMILES string of the molecule is CNC(=O)NC(C(=O)N1CCC(O)(c2ccc(Cl)cc2)C(C)(C)C1)C(C)C. The second kappa shape index (κ2) is 8.07. The first-order valence-electron chi connectivity index (χ1n) is 9.27. The Bertz CT molecular complexity index is 690. The molecule has 0 spiro atoms. The number of amides is 3. The van der Waals surface area contributed by atoms with Crippen LogP contribution in [0.15, 0.2) is 24.3 Å². The van der Waals surface area contributed by atoms with Crippen molar-refractivity contribution in [2.75, 3.05) is 20.1 Å². The maximum atomic E-state index is 13.1. The molecule has 0 aromatic heterocycles. The van der Waals surface area contributed by atoms with Gasteiger partial charge in [0.1, 0.15) is 6.04 Å². The molecule has 1 saturated heterocycles. The average molecular weight is 396 g/mol. The zero-order valence-electron chi connectivity index (χ0n) is 16.7. The van der Waals surface area contributed by atoms with Crippen molar-refractivity contribution < 1.29 is 14.7 Å². The van der Waals surface area contributed by atoms with Crippen LogP contribution in [0.3, 0.4) is 0 Å². The molecule has 1 fully saturated rings. The molecule has 2 atom stereocenters. The van der Waals surface area contributed by atoms with E-state index in [1.54, 1.807) is 17.0 Å². The molecule has 150 valence electrons. The third kappa shape index (κ3) is 4.38. The molecule has 0 bridgehead atoms. The van der Waals surface area contributed by atoms with Gasteiger partial charge in [-0.3, -0.25) is 4.79 Å². The Balaban J connectivity index is 2.21. The van der Waals surface area contributed by atoms with E-state index in [-0.39, 0.29) is 17.9 Å². The Morgan fingerprint density at radius 2 is 1.81 bits per heavy atom. The van der Waals surface area contributed by atoms with Crippen LogP contribution in [0.1, 0.15) is 39.7 Å². The highest BCUT2D eigenvalue weighted by Gasteiger charge is 2.50. The highest BCUT2D eigenvalue weighted by atomic mass is 35.5. The molecule has 1 aliphatic heterocycles. The number of benzene rings is 1. The quantitative estimate of drug-likeness (QED) is 0.733. The second-order valence-electron chi connectivity index (χ2n) is 8.21. The van der Waals surface area contributed by atoms with E-state index in [1.165, 1.54) is 7.05 Å². The first-order valence-corrected chi connectivity index (χ1v) is 9.65. The van der Waals surface area contributed by atoms with E-state index < -0.39 is 17.1 Å². The van der Waals surface area contributed by atoms with Gasteiger partial charge in [0.15, 0.2) is 0 Å². The fraction of sp³-hybridized carbons (Fsp3) is 0.600. The van der Waals surface area contributed by atoms with Gasteiger partial charge >= 0.3 is 6.03 Å². The van der Waals surface area contributed by atoms with E-state index in [0.717, 1.165) is 5.56 Å². The van der Waals surface area contributed by atoms with Crippen LogP contribution in [0.5, 0.6) is 0 Å². The van der Waals surface area contributed by atoms with Gasteiger partial charge in [0.05, 0.1) is 5.60 Å². The molecular formula is C20H30ClN3O3. The van der Waals surface area contributed by atoms with E-state index in [4.69, 9.17) is 11.6 Å². The summed E-state index contributed by atoms with van der Waals surface area (Å²) in [6.45, 7) is 8.52. The van der Waals surface area contributed by atoms with E-state index in [1.807, 2.05) is 39.8 Å². The summed E-state index contributed by atoms with van der Waals surface area (Å²) in [5.41, 5.74) is -0.827. The van der Waals surface area contributed by atoms with Gasteiger partial charge in [-0.05, 0) is 30.0 Å². The molecule has 0 radical (unpaired) electrons. The lowest BCUT2D eigenvalue weighted by Crippen LogP contribution is -2.61. The number of aliphatic hydroxyl groups is 1. The van der Waals surface area contributed by atoms with Gasteiger partial charge in [-0.1, -0.05) is 51.4 Å². The van der Waals surface area contributed by atoms with Crippen LogP contribution < -0.4 is 10.6 Å². The summed E-state index contributed by atoms with van der Waals surface area (Å²) >= 11 is 5.98. The summed E-state index contributed by atoms with van der Waals surface area (Å²) in [5, 5.41) is 17.3. The zero-order chi connectivity index (χ0) is 20.4. The van der Waals surface area contributed by atoms with E-state index in [0.29, 0.717) is 24.5 Å². The molecule has 2 rings (SSSR count). The van der Waals surface area contributed by atoms with Crippen molar-refractivity contribution >= 4 is 23.5 Å². The maximum Gasteiger partial charge on any atom is 0.315 e. The third-order valence-electron chi connectivity index (χ3n) is 5.53. The number of rotatable bonds is 4. The molecule has 3 N–H and O–H groups in total. The zero-order valence-corrected chi connectivity index (χ0v) is 17.4. The lowest BCUT2D eigenvalue weighted by Gasteiger charge is -2.51. The van der Waals surface area contributed by atoms with E-state index in [9.17, 15) is 14.7 Å². The molecule has 1 aromatic carbocycles. The number of likely N-dealkylation sites (tertiary alicyclic amines) is 1. The van der Waals surface area contributed by atoms with Crippen molar-refractivity contribution in [1.82, 2.24) is 15.5 Å². The molecule has 2 unspecified atom stereocenters. The van der Waals surface area contributed by atoms with Crippen molar-refractivity contribution in [2.24, 2.45) is 11.3 Å². The lowest BCUT2D eigenvalue weighted by atomic mass is 9.66. The number of nitrogens with zero attached hydrogens (tertiary/aromatic N) is 1. The normalized spacial score (nSPS) is 23.0. The minimum atomic E-state index is -1.06. The lowest BCUT2D eigenvalue weighted by molar-refractivity contribution is -0.155. The Hall–Kier alpha value is -1.79. The molecule has 3 amide bonds. The van der Waals surface area contributed by atoms with Crippen molar-refractivity contribution in [3.63, 3.8) is 0 Å². The van der Waals surface area contributed by atoms with Crippen molar-refractivity contribution in [3.05, 3.63) is 34.9 Å². The number of urea groups is 1. The summed E-state index contributed by atoms with van der Waals surface area (Å²) in [4.78, 5) is 26.5. The monoisotopic (exact) mass is 395 g/mol. The summed E-state index contributed by atoms with van der Waals surface area (Å²) in [7, 11) is 1.52. The van der Waals surface area contributed by atoms with E-state index in [2.05, 4.69) is 10.6 Å². The standard InChI is InChI=1S/C20H30ClN3O3/c1-13(2)16(23-18(26)22-5)17(25)24-11-10-20(27,19(3,4)12-24)14-6-8-15(21)9-7-14/h6-9,13,16,27H,10-12H2,1-5H3,(H2,22,23,26). The van der Waals surface area contributed by atoms with Gasteiger partial charge in [0.25, 0.3) is 0 Å². The number of nitrogens with one attached hydrogen (secondary N) is 2. The molecule has 0 saturated carbocycles. The van der Waals surface area contributed by atoms with Gasteiger partial charge in [-0.25, -0.2) is 4.79 Å². The minimum absolute atomic E-state index is 0.0463.